The third-order valence-corrected chi connectivity index (χ3v) is 3.20. The number of hydrogen-bond donors (Lipinski definition) is 0. The van der Waals surface area contributed by atoms with Gasteiger partial charge in [0, 0.05) is 6.54 Å². The summed E-state index contributed by atoms with van der Waals surface area (Å²) in [4.78, 5) is 24.5. The Morgan fingerprint density at radius 2 is 2.28 bits per heavy atom. The molecule has 1 amide bonds. The van der Waals surface area contributed by atoms with Crippen LogP contribution in [-0.4, -0.2) is 40.1 Å². The van der Waals surface area contributed by atoms with Crippen LogP contribution in [0.25, 0.3) is 0 Å². The smallest absolute Gasteiger partial charge is 0.397 e. The van der Waals surface area contributed by atoms with Gasteiger partial charge in [0.15, 0.2) is 3.92 Å². The first-order valence-corrected chi connectivity index (χ1v) is 6.74. The molecule has 1 rings (SSSR count). The number of nitrogens with zero attached hydrogens (tertiary/aromatic N) is 3. The molecule has 18 heavy (non-hydrogen) atoms. The summed E-state index contributed by atoms with van der Waals surface area (Å²) >= 11 is 4.48. The summed E-state index contributed by atoms with van der Waals surface area (Å²) in [5.74, 6) is -1.58. The van der Waals surface area contributed by atoms with Crippen molar-refractivity contribution in [2.24, 2.45) is 0 Å². The van der Waals surface area contributed by atoms with Gasteiger partial charge in [-0.3, -0.25) is 4.79 Å². The maximum absolute atomic E-state index is 11.8. The summed E-state index contributed by atoms with van der Waals surface area (Å²) in [6, 6.07) is 0. The third-order valence-electron chi connectivity index (χ3n) is 1.86. The van der Waals surface area contributed by atoms with E-state index in [1.54, 1.807) is 6.92 Å². The maximum Gasteiger partial charge on any atom is 0.397 e. The van der Waals surface area contributed by atoms with Crippen LogP contribution in [0.3, 0.4) is 0 Å². The zero-order valence-electron chi connectivity index (χ0n) is 9.76. The van der Waals surface area contributed by atoms with Crippen LogP contribution in [0, 0.1) is 0 Å². The van der Waals surface area contributed by atoms with Crippen LogP contribution < -0.4 is 0 Å². The minimum Gasteiger partial charge on any atom is -0.459 e. The SMILES string of the molecule is C=CCN(Cc1nnc(Br)s1)C(=O)C(=O)OCC. The van der Waals surface area contributed by atoms with Gasteiger partial charge >= 0.3 is 11.9 Å². The summed E-state index contributed by atoms with van der Waals surface area (Å²) < 4.78 is 5.29. The molecule has 1 aromatic rings. The number of esters is 1. The molecule has 0 radical (unpaired) electrons. The summed E-state index contributed by atoms with van der Waals surface area (Å²) in [5, 5.41) is 8.27. The topological polar surface area (TPSA) is 72.4 Å². The molecular weight excluding hydrogens is 322 g/mol. The van der Waals surface area contributed by atoms with Gasteiger partial charge in [0.25, 0.3) is 0 Å². The number of hydrogen-bond acceptors (Lipinski definition) is 6. The Morgan fingerprint density at radius 1 is 1.56 bits per heavy atom. The molecule has 0 saturated carbocycles. The molecular formula is C10H12BrN3O3S. The molecule has 0 fully saturated rings. The van der Waals surface area contributed by atoms with E-state index >= 15 is 0 Å². The molecule has 6 nitrogen and oxygen atoms in total. The summed E-state index contributed by atoms with van der Waals surface area (Å²) in [7, 11) is 0. The van der Waals surface area contributed by atoms with E-state index in [1.807, 2.05) is 0 Å². The maximum atomic E-state index is 11.8. The summed E-state index contributed by atoms with van der Waals surface area (Å²) in [5.41, 5.74) is 0. The Morgan fingerprint density at radius 3 is 2.78 bits per heavy atom. The Balaban J connectivity index is 2.72. The van der Waals surface area contributed by atoms with E-state index in [0.717, 1.165) is 0 Å². The van der Waals surface area contributed by atoms with Gasteiger partial charge in [-0.25, -0.2) is 4.79 Å². The molecule has 8 heteroatoms. The van der Waals surface area contributed by atoms with Crippen LogP contribution in [0.4, 0.5) is 0 Å². The number of carbonyl (C=O) groups excluding carboxylic acids is 2. The quantitative estimate of drug-likeness (QED) is 0.462. The van der Waals surface area contributed by atoms with E-state index in [1.165, 1.54) is 22.3 Å². The van der Waals surface area contributed by atoms with Gasteiger partial charge in [-0.2, -0.15) is 0 Å². The number of rotatable bonds is 5. The Kier molecular flexibility index (Phi) is 5.93. The van der Waals surface area contributed by atoms with Crippen molar-refractivity contribution < 1.29 is 14.3 Å². The zero-order chi connectivity index (χ0) is 13.5. The molecule has 0 spiro atoms. The summed E-state index contributed by atoms with van der Waals surface area (Å²) in [6.45, 7) is 5.80. The molecule has 0 N–H and O–H groups in total. The van der Waals surface area contributed by atoms with Crippen LogP contribution in [0.2, 0.25) is 0 Å². The van der Waals surface area contributed by atoms with E-state index in [4.69, 9.17) is 0 Å². The second kappa shape index (κ2) is 7.22. The first-order valence-electron chi connectivity index (χ1n) is 5.13. The lowest BCUT2D eigenvalue weighted by Crippen LogP contribution is -2.37. The van der Waals surface area contributed by atoms with Gasteiger partial charge < -0.3 is 9.64 Å². The lowest BCUT2D eigenvalue weighted by molar-refractivity contribution is -0.159. The molecule has 0 unspecified atom stereocenters. The van der Waals surface area contributed by atoms with Crippen molar-refractivity contribution in [3.63, 3.8) is 0 Å². The van der Waals surface area contributed by atoms with Gasteiger partial charge in [0.1, 0.15) is 5.01 Å². The number of amides is 1. The number of carbonyl (C=O) groups is 2. The molecule has 98 valence electrons. The van der Waals surface area contributed by atoms with Gasteiger partial charge in [-0.05, 0) is 22.9 Å². The monoisotopic (exact) mass is 333 g/mol. The normalized spacial score (nSPS) is 9.89. The van der Waals surface area contributed by atoms with Gasteiger partial charge in [0.05, 0.1) is 13.2 Å². The molecule has 0 aliphatic rings. The van der Waals surface area contributed by atoms with E-state index in [9.17, 15) is 9.59 Å². The van der Waals surface area contributed by atoms with Crippen LogP contribution in [0.5, 0.6) is 0 Å². The minimum atomic E-state index is -0.872. The fourth-order valence-corrected chi connectivity index (χ4v) is 2.38. The average molecular weight is 334 g/mol. The zero-order valence-corrected chi connectivity index (χ0v) is 12.2. The van der Waals surface area contributed by atoms with Crippen molar-refractivity contribution in [2.75, 3.05) is 13.2 Å². The predicted octanol–water partition coefficient (Wildman–Crippen LogP) is 1.38. The lowest BCUT2D eigenvalue weighted by atomic mass is 10.4. The standard InChI is InChI=1S/C10H12BrN3O3S/c1-3-5-14(8(15)9(16)17-4-2)6-7-12-13-10(11)18-7/h3H,1,4-6H2,2H3. The van der Waals surface area contributed by atoms with Gasteiger partial charge in [-0.1, -0.05) is 17.4 Å². The second-order valence-corrected chi connectivity index (χ2v) is 5.48. The molecule has 0 atom stereocenters. The fraction of sp³-hybridized carbons (Fsp3) is 0.400. The highest BCUT2D eigenvalue weighted by atomic mass is 79.9. The molecule has 1 aromatic heterocycles. The van der Waals surface area contributed by atoms with Crippen LogP contribution >= 0.6 is 27.3 Å². The summed E-state index contributed by atoms with van der Waals surface area (Å²) in [6.07, 6.45) is 1.53. The Hall–Kier alpha value is -1.28. The first kappa shape index (κ1) is 14.8. The number of ether oxygens (including phenoxy) is 1. The molecule has 0 aromatic carbocycles. The minimum absolute atomic E-state index is 0.164. The van der Waals surface area contributed by atoms with Crippen molar-refractivity contribution in [3.05, 3.63) is 21.6 Å². The Bertz CT molecular complexity index is 449. The predicted molar refractivity (Wildman–Crippen MR) is 69.9 cm³/mol. The molecule has 0 bridgehead atoms. The second-order valence-electron chi connectivity index (χ2n) is 3.14. The largest absolute Gasteiger partial charge is 0.459 e. The number of halogens is 1. The fourth-order valence-electron chi connectivity index (χ4n) is 1.16. The van der Waals surface area contributed by atoms with Crippen LogP contribution in [0.15, 0.2) is 16.6 Å². The first-order chi connectivity index (χ1) is 8.58. The van der Waals surface area contributed by atoms with Crippen molar-refractivity contribution in [1.29, 1.82) is 0 Å². The number of aromatic nitrogens is 2. The Labute approximate surface area is 117 Å². The van der Waals surface area contributed by atoms with Crippen LogP contribution in [0.1, 0.15) is 11.9 Å². The van der Waals surface area contributed by atoms with E-state index in [-0.39, 0.29) is 19.7 Å². The molecule has 1 heterocycles. The van der Waals surface area contributed by atoms with E-state index in [2.05, 4.69) is 37.4 Å². The molecule has 0 saturated heterocycles. The van der Waals surface area contributed by atoms with Crippen molar-refractivity contribution in [3.8, 4) is 0 Å². The highest BCUT2D eigenvalue weighted by Crippen LogP contribution is 2.17. The van der Waals surface area contributed by atoms with E-state index in [0.29, 0.717) is 8.92 Å². The molecule has 0 aliphatic carbocycles. The third kappa shape index (κ3) is 4.19. The average Bonchev–Trinajstić information content (AvgIpc) is 2.73. The highest BCUT2D eigenvalue weighted by Gasteiger charge is 2.23. The lowest BCUT2D eigenvalue weighted by Gasteiger charge is -2.18. The van der Waals surface area contributed by atoms with E-state index < -0.39 is 11.9 Å². The van der Waals surface area contributed by atoms with Crippen molar-refractivity contribution in [1.82, 2.24) is 15.1 Å². The van der Waals surface area contributed by atoms with Crippen molar-refractivity contribution in [2.45, 2.75) is 13.5 Å². The highest BCUT2D eigenvalue weighted by molar-refractivity contribution is 9.11. The van der Waals surface area contributed by atoms with Crippen LogP contribution in [-0.2, 0) is 20.9 Å². The van der Waals surface area contributed by atoms with Crippen molar-refractivity contribution >= 4 is 39.1 Å². The van der Waals surface area contributed by atoms with Gasteiger partial charge in [-0.15, -0.1) is 16.8 Å². The molecule has 0 aliphatic heterocycles. The van der Waals surface area contributed by atoms with Gasteiger partial charge in [0.2, 0.25) is 0 Å².